The third-order valence-electron chi connectivity index (χ3n) is 5.56. The molecule has 0 spiro atoms. The number of pyridine rings is 1. The summed E-state index contributed by atoms with van der Waals surface area (Å²) in [5.41, 5.74) is 3.42. The van der Waals surface area contributed by atoms with E-state index in [9.17, 15) is 9.59 Å². The van der Waals surface area contributed by atoms with Crippen molar-refractivity contribution in [3.05, 3.63) is 89.2 Å². The van der Waals surface area contributed by atoms with Crippen molar-refractivity contribution in [3.8, 4) is 11.5 Å². The summed E-state index contributed by atoms with van der Waals surface area (Å²) in [5.74, 6) is 5.79. The number of halogens is 1. The van der Waals surface area contributed by atoms with Gasteiger partial charge >= 0.3 is 0 Å². The van der Waals surface area contributed by atoms with E-state index in [-0.39, 0.29) is 37.6 Å². The maximum absolute atomic E-state index is 13.1. The number of nitrogens with two attached hydrogens (primary N) is 1. The van der Waals surface area contributed by atoms with E-state index in [2.05, 4.69) is 26.0 Å². The molecule has 0 fully saturated rings. The fraction of sp³-hybridized carbons (Fsp3) is 0.231. The van der Waals surface area contributed by atoms with Crippen LogP contribution in [0.15, 0.2) is 72.0 Å². The molecule has 2 aromatic carbocycles. The zero-order valence-corrected chi connectivity index (χ0v) is 20.9. The van der Waals surface area contributed by atoms with Crippen LogP contribution in [-0.2, 0) is 22.6 Å². The van der Waals surface area contributed by atoms with E-state index >= 15 is 0 Å². The molecule has 0 aliphatic carbocycles. The van der Waals surface area contributed by atoms with Crippen molar-refractivity contribution < 1.29 is 19.1 Å². The summed E-state index contributed by atoms with van der Waals surface area (Å²) in [7, 11) is 0. The second-order valence-electron chi connectivity index (χ2n) is 8.09. The van der Waals surface area contributed by atoms with Crippen LogP contribution in [0.25, 0.3) is 0 Å². The van der Waals surface area contributed by atoms with Gasteiger partial charge in [0.15, 0.2) is 11.5 Å². The van der Waals surface area contributed by atoms with E-state index < -0.39 is 6.04 Å². The number of carbonyl (C=O) groups is 2. The summed E-state index contributed by atoms with van der Waals surface area (Å²) >= 11 is 0. The molecule has 1 aliphatic heterocycles. The van der Waals surface area contributed by atoms with Gasteiger partial charge < -0.3 is 25.9 Å². The van der Waals surface area contributed by atoms with E-state index in [0.29, 0.717) is 36.6 Å². The number of ether oxygens (including phenoxy) is 2. The molecule has 194 valence electrons. The lowest BCUT2D eigenvalue weighted by Gasteiger charge is -2.19. The Bertz CT molecular complexity index is 1210. The highest BCUT2D eigenvalue weighted by Gasteiger charge is 2.24. The Morgan fingerprint density at radius 1 is 1.05 bits per heavy atom. The minimum Gasteiger partial charge on any atom is -0.454 e. The lowest BCUT2D eigenvalue weighted by Crippen LogP contribution is -2.42. The predicted molar refractivity (Wildman–Crippen MR) is 142 cm³/mol. The molecule has 0 saturated carbocycles. The third kappa shape index (κ3) is 7.92. The van der Waals surface area contributed by atoms with Gasteiger partial charge in [0.25, 0.3) is 0 Å². The van der Waals surface area contributed by atoms with Gasteiger partial charge in [-0.05, 0) is 41.0 Å². The average molecular weight is 525 g/mol. The first-order valence-corrected chi connectivity index (χ1v) is 11.5. The molecule has 11 heteroatoms. The number of nitrogens with one attached hydrogen (secondary N) is 3. The minimum absolute atomic E-state index is 0. The molecule has 2 heterocycles. The summed E-state index contributed by atoms with van der Waals surface area (Å²) in [6.45, 7) is 0.848. The molecule has 1 aliphatic rings. The first kappa shape index (κ1) is 27.4. The van der Waals surface area contributed by atoms with Crippen LogP contribution in [0.2, 0.25) is 0 Å². The summed E-state index contributed by atoms with van der Waals surface area (Å²) < 4.78 is 10.9. The maximum Gasteiger partial charge on any atom is 0.242 e. The number of hydrogen-bond acceptors (Lipinski definition) is 8. The zero-order chi connectivity index (χ0) is 25.2. The molecule has 1 aromatic heterocycles. The zero-order valence-electron chi connectivity index (χ0n) is 20.1. The lowest BCUT2D eigenvalue weighted by atomic mass is 10.0. The predicted octanol–water partition coefficient (Wildman–Crippen LogP) is 1.83. The monoisotopic (exact) mass is 524 g/mol. The molecule has 0 bridgehead atoms. The van der Waals surface area contributed by atoms with Crippen molar-refractivity contribution in [1.82, 2.24) is 20.9 Å². The second-order valence-corrected chi connectivity index (χ2v) is 8.09. The number of rotatable bonds is 11. The Labute approximate surface area is 221 Å². The van der Waals surface area contributed by atoms with Gasteiger partial charge in [0.2, 0.25) is 18.6 Å². The van der Waals surface area contributed by atoms with Crippen LogP contribution in [-0.4, -0.2) is 42.9 Å². The molecule has 4 rings (SSSR count). The van der Waals surface area contributed by atoms with Crippen molar-refractivity contribution in [2.75, 3.05) is 19.9 Å². The molecule has 1 atom stereocenters. The number of fused-ring (bicyclic) bond motifs is 1. The molecular weight excluding hydrogens is 496 g/mol. The highest BCUT2D eigenvalue weighted by atomic mass is 35.5. The first-order chi connectivity index (χ1) is 17.6. The molecule has 1 unspecified atom stereocenters. The van der Waals surface area contributed by atoms with Gasteiger partial charge in [-0.1, -0.05) is 36.4 Å². The summed E-state index contributed by atoms with van der Waals surface area (Å²) in [6.07, 6.45) is 3.88. The Kier molecular flexibility index (Phi) is 10.2. The number of carbonyl (C=O) groups excluding carboxylic acids is 2. The van der Waals surface area contributed by atoms with Gasteiger partial charge in [0.05, 0.1) is 12.8 Å². The SMILES string of the molecule is Cl.NN=Cc1ccc(CNC(C(=O)NCC(=O)NCCc2ccccn2)c2ccc3c(c2)OCO3)cc1. The van der Waals surface area contributed by atoms with E-state index in [1.807, 2.05) is 42.5 Å². The van der Waals surface area contributed by atoms with E-state index in [1.54, 1.807) is 30.6 Å². The largest absolute Gasteiger partial charge is 0.454 e. The van der Waals surface area contributed by atoms with Crippen LogP contribution in [0.4, 0.5) is 0 Å². The van der Waals surface area contributed by atoms with Crippen molar-refractivity contribution in [1.29, 1.82) is 0 Å². The molecule has 37 heavy (non-hydrogen) atoms. The second kappa shape index (κ2) is 13.8. The number of aromatic nitrogens is 1. The smallest absolute Gasteiger partial charge is 0.242 e. The molecule has 2 amide bonds. The van der Waals surface area contributed by atoms with Gasteiger partial charge in [-0.25, -0.2) is 0 Å². The number of amides is 2. The topological polar surface area (TPSA) is 140 Å². The number of nitrogens with zero attached hydrogens (tertiary/aromatic N) is 2. The third-order valence-corrected chi connectivity index (χ3v) is 5.56. The summed E-state index contributed by atoms with van der Waals surface area (Å²) in [4.78, 5) is 29.7. The fourth-order valence-electron chi connectivity index (χ4n) is 3.69. The van der Waals surface area contributed by atoms with Crippen molar-refractivity contribution in [3.63, 3.8) is 0 Å². The highest BCUT2D eigenvalue weighted by molar-refractivity contribution is 5.88. The van der Waals surface area contributed by atoms with Crippen molar-refractivity contribution >= 4 is 30.4 Å². The van der Waals surface area contributed by atoms with Crippen LogP contribution in [0, 0.1) is 0 Å². The van der Waals surface area contributed by atoms with Crippen molar-refractivity contribution in [2.24, 2.45) is 10.9 Å². The van der Waals surface area contributed by atoms with Gasteiger partial charge in [-0.3, -0.25) is 19.9 Å². The molecular formula is C26H29ClN6O4. The molecule has 5 N–H and O–H groups in total. The van der Waals surface area contributed by atoms with E-state index in [4.69, 9.17) is 15.3 Å². The number of benzene rings is 2. The molecule has 3 aromatic rings. The summed E-state index contributed by atoms with van der Waals surface area (Å²) in [5, 5.41) is 12.3. The fourth-order valence-corrected chi connectivity index (χ4v) is 3.69. The quantitative estimate of drug-likeness (QED) is 0.170. The lowest BCUT2D eigenvalue weighted by molar-refractivity contribution is -0.127. The number of hydrazone groups is 1. The normalized spacial score (nSPS) is 12.5. The standard InChI is InChI=1S/C26H28N6O4.ClH/c27-32-15-19-6-4-18(5-7-19)14-30-25(20-8-9-22-23(13-20)36-17-35-22)26(34)31-16-24(33)29-12-10-21-3-1-2-11-28-21;/h1-9,11,13,15,25,30H,10,12,14,16-17,27H2,(H,29,33)(H,31,34);1H. The Morgan fingerprint density at radius 3 is 2.62 bits per heavy atom. The van der Waals surface area contributed by atoms with E-state index in [1.165, 1.54) is 0 Å². The Balaban J connectivity index is 0.00000380. The van der Waals surface area contributed by atoms with Crippen LogP contribution >= 0.6 is 12.4 Å². The van der Waals surface area contributed by atoms with Gasteiger partial charge in [-0.2, -0.15) is 5.10 Å². The van der Waals surface area contributed by atoms with Gasteiger partial charge in [0.1, 0.15) is 6.04 Å². The average Bonchev–Trinajstić information content (AvgIpc) is 3.37. The maximum atomic E-state index is 13.1. The van der Waals surface area contributed by atoms with Crippen LogP contribution in [0.5, 0.6) is 11.5 Å². The van der Waals surface area contributed by atoms with Gasteiger partial charge in [-0.15, -0.1) is 12.4 Å². The number of hydrogen-bond donors (Lipinski definition) is 4. The van der Waals surface area contributed by atoms with Crippen molar-refractivity contribution in [2.45, 2.75) is 19.0 Å². The molecule has 0 saturated heterocycles. The van der Waals surface area contributed by atoms with Crippen LogP contribution < -0.4 is 31.3 Å². The Hall–Kier alpha value is -4.15. The van der Waals surface area contributed by atoms with Crippen LogP contribution in [0.1, 0.15) is 28.4 Å². The van der Waals surface area contributed by atoms with Gasteiger partial charge in [0, 0.05) is 31.4 Å². The van der Waals surface area contributed by atoms with E-state index in [0.717, 1.165) is 16.8 Å². The molecule has 0 radical (unpaired) electrons. The first-order valence-electron chi connectivity index (χ1n) is 11.5. The molecule has 10 nitrogen and oxygen atoms in total. The highest BCUT2D eigenvalue weighted by Crippen LogP contribution is 2.34. The van der Waals surface area contributed by atoms with Crippen LogP contribution in [0.3, 0.4) is 0 Å². The minimum atomic E-state index is -0.717. The summed E-state index contributed by atoms with van der Waals surface area (Å²) in [6, 6.07) is 17.9. The Morgan fingerprint density at radius 2 is 1.86 bits per heavy atom.